The molecule has 0 atom stereocenters. The van der Waals surface area contributed by atoms with Crippen LogP contribution in [0.3, 0.4) is 0 Å². The van der Waals surface area contributed by atoms with Crippen LogP contribution in [0.15, 0.2) is 93.2 Å². The van der Waals surface area contributed by atoms with Gasteiger partial charge in [-0.2, -0.15) is 9.80 Å². The SMILES string of the molecule is COc1ccc(-c2csc(-n3[nH]c(-c4ccc([N+](=O)[O-])cc4)c(N=Nc4cccc([N+](=O)[O-])c4)c3=O)n2)cc1. The van der Waals surface area contributed by atoms with Gasteiger partial charge in [-0.05, 0) is 42.5 Å². The van der Waals surface area contributed by atoms with E-state index in [4.69, 9.17) is 4.74 Å². The van der Waals surface area contributed by atoms with E-state index >= 15 is 0 Å². The van der Waals surface area contributed by atoms with Gasteiger partial charge in [0.2, 0.25) is 5.13 Å². The Morgan fingerprint density at radius 3 is 2.28 bits per heavy atom. The monoisotopic (exact) mass is 543 g/mol. The number of azo groups is 1. The Labute approximate surface area is 223 Å². The number of aromatic amines is 1. The topological polar surface area (TPSA) is 171 Å². The van der Waals surface area contributed by atoms with E-state index in [2.05, 4.69) is 20.3 Å². The molecule has 0 saturated heterocycles. The first-order valence-corrected chi connectivity index (χ1v) is 12.1. The average Bonchev–Trinajstić information content (AvgIpc) is 3.57. The van der Waals surface area contributed by atoms with Gasteiger partial charge < -0.3 is 4.74 Å². The van der Waals surface area contributed by atoms with Crippen molar-refractivity contribution in [3.63, 3.8) is 0 Å². The number of nitrogens with zero attached hydrogens (tertiary/aromatic N) is 6. The highest BCUT2D eigenvalue weighted by Crippen LogP contribution is 2.31. The zero-order valence-electron chi connectivity index (χ0n) is 20.0. The number of nitro benzene ring substituents is 2. The van der Waals surface area contributed by atoms with Crippen molar-refractivity contribution in [1.82, 2.24) is 14.8 Å². The Balaban J connectivity index is 1.58. The number of H-pyrrole nitrogens is 1. The van der Waals surface area contributed by atoms with Crippen LogP contribution in [0.2, 0.25) is 0 Å². The van der Waals surface area contributed by atoms with Gasteiger partial charge in [-0.25, -0.2) is 4.98 Å². The number of thiazole rings is 1. The molecule has 0 aliphatic carbocycles. The maximum atomic E-state index is 13.5. The molecule has 0 radical (unpaired) electrons. The molecule has 2 aromatic heterocycles. The molecule has 3 aromatic carbocycles. The predicted molar refractivity (Wildman–Crippen MR) is 143 cm³/mol. The first kappa shape index (κ1) is 25.2. The summed E-state index contributed by atoms with van der Waals surface area (Å²) in [7, 11) is 1.57. The summed E-state index contributed by atoms with van der Waals surface area (Å²) < 4.78 is 6.39. The number of nitrogens with one attached hydrogen (secondary N) is 1. The lowest BCUT2D eigenvalue weighted by Gasteiger charge is -2.01. The largest absolute Gasteiger partial charge is 0.497 e. The third-order valence-corrected chi connectivity index (χ3v) is 6.43. The molecular formula is C25H17N7O6S. The van der Waals surface area contributed by atoms with E-state index in [0.717, 1.165) is 5.56 Å². The Morgan fingerprint density at radius 1 is 0.923 bits per heavy atom. The quantitative estimate of drug-likeness (QED) is 0.138. The minimum Gasteiger partial charge on any atom is -0.497 e. The normalized spacial score (nSPS) is 11.1. The van der Waals surface area contributed by atoms with Crippen molar-refractivity contribution in [2.24, 2.45) is 10.2 Å². The highest BCUT2D eigenvalue weighted by molar-refractivity contribution is 7.12. The number of rotatable bonds is 8. The molecule has 194 valence electrons. The van der Waals surface area contributed by atoms with Gasteiger partial charge in [-0.3, -0.25) is 30.1 Å². The molecule has 2 heterocycles. The molecule has 0 unspecified atom stereocenters. The van der Waals surface area contributed by atoms with Crippen LogP contribution >= 0.6 is 11.3 Å². The Morgan fingerprint density at radius 2 is 1.62 bits per heavy atom. The first-order chi connectivity index (χ1) is 18.8. The third kappa shape index (κ3) is 5.17. The summed E-state index contributed by atoms with van der Waals surface area (Å²) in [6.45, 7) is 0. The second-order valence-electron chi connectivity index (χ2n) is 8.00. The molecule has 0 aliphatic rings. The van der Waals surface area contributed by atoms with Gasteiger partial charge in [-0.15, -0.1) is 16.5 Å². The van der Waals surface area contributed by atoms with Crippen LogP contribution in [0.5, 0.6) is 5.75 Å². The summed E-state index contributed by atoms with van der Waals surface area (Å²) in [4.78, 5) is 39.2. The van der Waals surface area contributed by atoms with E-state index in [1.807, 2.05) is 12.1 Å². The number of methoxy groups -OCH3 is 1. The van der Waals surface area contributed by atoms with Gasteiger partial charge in [0.15, 0.2) is 5.69 Å². The number of hydrogen-bond donors (Lipinski definition) is 1. The lowest BCUT2D eigenvalue weighted by atomic mass is 10.1. The fraction of sp³-hybridized carbons (Fsp3) is 0.0400. The molecule has 0 amide bonds. The summed E-state index contributed by atoms with van der Waals surface area (Å²) in [6.07, 6.45) is 0. The van der Waals surface area contributed by atoms with Gasteiger partial charge in [0.25, 0.3) is 11.4 Å². The number of non-ortho nitro benzene ring substituents is 2. The van der Waals surface area contributed by atoms with Crippen LogP contribution < -0.4 is 10.3 Å². The van der Waals surface area contributed by atoms with E-state index in [9.17, 15) is 25.0 Å². The molecule has 5 aromatic rings. The second kappa shape index (κ2) is 10.5. The first-order valence-electron chi connectivity index (χ1n) is 11.2. The summed E-state index contributed by atoms with van der Waals surface area (Å²) in [5, 5.41) is 35.4. The van der Waals surface area contributed by atoms with Crippen LogP contribution in [0, 0.1) is 20.2 Å². The van der Waals surface area contributed by atoms with Gasteiger partial charge in [-0.1, -0.05) is 6.07 Å². The Kier molecular flexibility index (Phi) is 6.75. The Bertz CT molecular complexity index is 1770. The lowest BCUT2D eigenvalue weighted by molar-refractivity contribution is -0.385. The molecule has 5 rings (SSSR count). The number of ether oxygens (including phenoxy) is 1. The maximum Gasteiger partial charge on any atom is 0.301 e. The molecule has 0 bridgehead atoms. The number of hydrogen-bond acceptors (Lipinski definition) is 10. The van der Waals surface area contributed by atoms with Gasteiger partial charge in [0, 0.05) is 40.8 Å². The van der Waals surface area contributed by atoms with Crippen LogP contribution in [0.1, 0.15) is 0 Å². The van der Waals surface area contributed by atoms with Crippen molar-refractivity contribution in [1.29, 1.82) is 0 Å². The van der Waals surface area contributed by atoms with Gasteiger partial charge in [0.05, 0.1) is 34.0 Å². The summed E-state index contributed by atoms with van der Waals surface area (Å²) >= 11 is 1.22. The molecule has 0 spiro atoms. The average molecular weight is 544 g/mol. The molecule has 0 saturated carbocycles. The minimum atomic E-state index is -0.576. The highest BCUT2D eigenvalue weighted by atomic mass is 32.1. The van der Waals surface area contributed by atoms with Crippen molar-refractivity contribution in [3.8, 4) is 33.4 Å². The minimum absolute atomic E-state index is 0.100. The lowest BCUT2D eigenvalue weighted by Crippen LogP contribution is -2.13. The van der Waals surface area contributed by atoms with Crippen LogP contribution in [0.4, 0.5) is 22.7 Å². The summed E-state index contributed by atoms with van der Waals surface area (Å²) in [6, 6.07) is 18.3. The molecule has 13 nitrogen and oxygen atoms in total. The fourth-order valence-corrected chi connectivity index (χ4v) is 4.44. The van der Waals surface area contributed by atoms with Gasteiger partial charge in [0.1, 0.15) is 5.75 Å². The zero-order valence-corrected chi connectivity index (χ0v) is 20.9. The highest BCUT2D eigenvalue weighted by Gasteiger charge is 2.20. The van der Waals surface area contributed by atoms with Crippen molar-refractivity contribution in [3.05, 3.63) is 109 Å². The van der Waals surface area contributed by atoms with Crippen molar-refractivity contribution < 1.29 is 14.6 Å². The van der Waals surface area contributed by atoms with E-state index < -0.39 is 15.4 Å². The van der Waals surface area contributed by atoms with Crippen molar-refractivity contribution >= 4 is 34.1 Å². The smallest absolute Gasteiger partial charge is 0.301 e. The van der Waals surface area contributed by atoms with Crippen LogP contribution in [-0.2, 0) is 0 Å². The molecular weight excluding hydrogens is 526 g/mol. The van der Waals surface area contributed by atoms with E-state index in [1.165, 1.54) is 64.5 Å². The number of nitro groups is 2. The molecule has 39 heavy (non-hydrogen) atoms. The summed E-state index contributed by atoms with van der Waals surface area (Å²) in [5.74, 6) is 0.696. The van der Waals surface area contributed by atoms with Crippen molar-refractivity contribution in [2.45, 2.75) is 0 Å². The van der Waals surface area contributed by atoms with E-state index in [0.29, 0.717) is 22.1 Å². The summed E-state index contributed by atoms with van der Waals surface area (Å²) in [5.41, 5.74) is 1.33. The van der Waals surface area contributed by atoms with Crippen molar-refractivity contribution in [2.75, 3.05) is 7.11 Å². The number of aromatic nitrogens is 3. The maximum absolute atomic E-state index is 13.5. The standard InChI is InChI=1S/C25H17N7O6S/c1-38-20-11-7-15(8-12-20)21-14-39-25(26-21)30-24(33)23(28-27-17-3-2-4-19(13-17)32(36)37)22(29-30)16-5-9-18(10-6-16)31(34)35/h2-14,29H,1H3. The molecule has 14 heteroatoms. The predicted octanol–water partition coefficient (Wildman–Crippen LogP) is 6.20. The van der Waals surface area contributed by atoms with Crippen LogP contribution in [0.25, 0.3) is 27.6 Å². The zero-order chi connectivity index (χ0) is 27.5. The van der Waals surface area contributed by atoms with E-state index in [-0.39, 0.29) is 28.4 Å². The van der Waals surface area contributed by atoms with Gasteiger partial charge >= 0.3 is 5.56 Å². The molecule has 0 aliphatic heterocycles. The van der Waals surface area contributed by atoms with E-state index in [1.54, 1.807) is 24.6 Å². The molecule has 1 N–H and O–H groups in total. The van der Waals surface area contributed by atoms with Crippen LogP contribution in [-0.4, -0.2) is 31.7 Å². The number of benzene rings is 3. The fourth-order valence-electron chi connectivity index (χ4n) is 3.64. The second-order valence-corrected chi connectivity index (χ2v) is 8.84. The Hall–Kier alpha value is -5.50. The third-order valence-electron chi connectivity index (χ3n) is 5.61. The molecule has 0 fully saturated rings.